The number of thioether (sulfide) groups is 1. The van der Waals surface area contributed by atoms with Crippen LogP contribution < -0.4 is 10.9 Å². The van der Waals surface area contributed by atoms with E-state index in [9.17, 15) is 14.0 Å². The first-order valence-electron chi connectivity index (χ1n) is 8.21. The van der Waals surface area contributed by atoms with E-state index in [0.717, 1.165) is 24.1 Å². The molecule has 2 rings (SSSR count). The van der Waals surface area contributed by atoms with Crippen LogP contribution >= 0.6 is 11.8 Å². The lowest BCUT2D eigenvalue weighted by Crippen LogP contribution is -2.33. The van der Waals surface area contributed by atoms with Gasteiger partial charge in [0.2, 0.25) is 5.91 Å². The molecule has 0 fully saturated rings. The van der Waals surface area contributed by atoms with Gasteiger partial charge in [-0.1, -0.05) is 37.2 Å². The van der Waals surface area contributed by atoms with Crippen LogP contribution in [0.5, 0.6) is 0 Å². The summed E-state index contributed by atoms with van der Waals surface area (Å²) in [5.74, 6) is -0.487. The van der Waals surface area contributed by atoms with Crippen molar-refractivity contribution >= 4 is 17.7 Å². The monoisotopic (exact) mass is 363 g/mol. The smallest absolute Gasteiger partial charge is 0.251 e. The van der Waals surface area contributed by atoms with Gasteiger partial charge in [0.05, 0.1) is 11.3 Å². The minimum Gasteiger partial charge on any atom is -0.349 e. The number of aryl methyl sites for hydroxylation is 1. The van der Waals surface area contributed by atoms with E-state index in [1.807, 2.05) is 13.8 Å². The standard InChI is InChI=1S/C18H22FN3O2S/c1-4-5-15-10-16(23)22-18(21-15)25-12(3)17(24)20-11(2)13-6-8-14(19)9-7-13/h6-12H,4-5H2,1-3H3,(H,20,24)(H,21,22,23)/t11-,12+/m1/s1. The maximum absolute atomic E-state index is 13.0. The molecule has 1 aromatic carbocycles. The molecule has 7 heteroatoms. The van der Waals surface area contributed by atoms with E-state index in [0.29, 0.717) is 5.16 Å². The summed E-state index contributed by atoms with van der Waals surface area (Å²) in [6.07, 6.45) is 1.62. The van der Waals surface area contributed by atoms with Crippen LogP contribution in [0.1, 0.15) is 44.5 Å². The zero-order valence-electron chi connectivity index (χ0n) is 14.5. The summed E-state index contributed by atoms with van der Waals surface area (Å²) >= 11 is 1.21. The highest BCUT2D eigenvalue weighted by atomic mass is 32.2. The predicted molar refractivity (Wildman–Crippen MR) is 97.1 cm³/mol. The van der Waals surface area contributed by atoms with Gasteiger partial charge < -0.3 is 10.3 Å². The Bertz CT molecular complexity index is 777. The summed E-state index contributed by atoms with van der Waals surface area (Å²) in [5, 5.41) is 2.90. The molecule has 0 aliphatic rings. The number of hydrogen-bond donors (Lipinski definition) is 2. The number of H-pyrrole nitrogens is 1. The third-order valence-corrected chi connectivity index (χ3v) is 4.65. The maximum Gasteiger partial charge on any atom is 0.251 e. The molecule has 0 radical (unpaired) electrons. The first-order valence-corrected chi connectivity index (χ1v) is 9.09. The van der Waals surface area contributed by atoms with E-state index in [-0.39, 0.29) is 23.3 Å². The van der Waals surface area contributed by atoms with Gasteiger partial charge in [0.15, 0.2) is 5.16 Å². The van der Waals surface area contributed by atoms with Crippen LogP contribution in [-0.4, -0.2) is 21.1 Å². The molecule has 2 atom stereocenters. The van der Waals surface area contributed by atoms with Gasteiger partial charge in [-0.15, -0.1) is 0 Å². The summed E-state index contributed by atoms with van der Waals surface area (Å²) in [6, 6.07) is 7.26. The Balaban J connectivity index is 2.00. The van der Waals surface area contributed by atoms with E-state index < -0.39 is 5.25 Å². The van der Waals surface area contributed by atoms with Gasteiger partial charge in [0.1, 0.15) is 5.82 Å². The van der Waals surface area contributed by atoms with Gasteiger partial charge in [-0.05, 0) is 38.0 Å². The SMILES string of the molecule is CCCc1cc(=O)[nH]c(S[C@@H](C)C(=O)N[C@H](C)c2ccc(F)cc2)n1. The minimum atomic E-state index is -0.428. The number of nitrogens with one attached hydrogen (secondary N) is 2. The normalized spacial score (nSPS) is 13.3. The molecule has 1 heterocycles. The molecule has 0 saturated heterocycles. The van der Waals surface area contributed by atoms with E-state index in [1.165, 1.54) is 30.0 Å². The van der Waals surface area contributed by atoms with Crippen molar-refractivity contribution in [1.29, 1.82) is 0 Å². The zero-order valence-corrected chi connectivity index (χ0v) is 15.3. The number of carbonyl (C=O) groups is 1. The van der Waals surface area contributed by atoms with Crippen molar-refractivity contribution in [2.24, 2.45) is 0 Å². The zero-order chi connectivity index (χ0) is 18.4. The Morgan fingerprint density at radius 2 is 2.00 bits per heavy atom. The van der Waals surface area contributed by atoms with Crippen LogP contribution in [0.2, 0.25) is 0 Å². The van der Waals surface area contributed by atoms with Crippen LogP contribution in [-0.2, 0) is 11.2 Å². The average molecular weight is 363 g/mol. The van der Waals surface area contributed by atoms with E-state index in [1.54, 1.807) is 19.1 Å². The number of hydrogen-bond acceptors (Lipinski definition) is 4. The molecule has 0 bridgehead atoms. The molecule has 1 aromatic heterocycles. The van der Waals surface area contributed by atoms with Crippen LogP contribution in [0.15, 0.2) is 40.3 Å². The first kappa shape index (κ1) is 19.2. The van der Waals surface area contributed by atoms with E-state index >= 15 is 0 Å². The predicted octanol–water partition coefficient (Wildman–Crippen LogP) is 3.22. The highest BCUT2D eigenvalue weighted by Gasteiger charge is 2.18. The topological polar surface area (TPSA) is 74.8 Å². The van der Waals surface area contributed by atoms with E-state index in [4.69, 9.17) is 0 Å². The molecular weight excluding hydrogens is 341 g/mol. The van der Waals surface area contributed by atoms with Crippen molar-refractivity contribution in [3.05, 3.63) is 57.8 Å². The van der Waals surface area contributed by atoms with Crippen LogP contribution in [0.3, 0.4) is 0 Å². The molecule has 2 aromatic rings. The Hall–Kier alpha value is -2.15. The van der Waals surface area contributed by atoms with Crippen LogP contribution in [0.4, 0.5) is 4.39 Å². The maximum atomic E-state index is 13.0. The average Bonchev–Trinajstić information content (AvgIpc) is 2.55. The first-order chi connectivity index (χ1) is 11.9. The second-order valence-corrected chi connectivity index (χ2v) is 7.16. The molecular formula is C18H22FN3O2S. The van der Waals surface area contributed by atoms with E-state index in [2.05, 4.69) is 15.3 Å². The third kappa shape index (κ3) is 5.70. The minimum absolute atomic E-state index is 0.176. The number of nitrogens with zero attached hydrogens (tertiary/aromatic N) is 1. The molecule has 0 saturated carbocycles. The molecule has 5 nitrogen and oxygen atoms in total. The van der Waals surface area contributed by atoms with Crippen LogP contribution in [0, 0.1) is 5.82 Å². The van der Waals surface area contributed by atoms with Gasteiger partial charge in [-0.3, -0.25) is 9.59 Å². The fraction of sp³-hybridized carbons (Fsp3) is 0.389. The number of benzene rings is 1. The Kier molecular flexibility index (Phi) is 6.75. The van der Waals surface area contributed by atoms with Crippen molar-refractivity contribution in [2.45, 2.75) is 50.1 Å². The Morgan fingerprint density at radius 3 is 2.64 bits per heavy atom. The lowest BCUT2D eigenvalue weighted by atomic mass is 10.1. The number of aromatic amines is 1. The van der Waals surface area contributed by atoms with Crippen molar-refractivity contribution in [1.82, 2.24) is 15.3 Å². The summed E-state index contributed by atoms with van der Waals surface area (Å²) in [6.45, 7) is 5.61. The number of amides is 1. The van der Waals surface area contributed by atoms with Gasteiger partial charge in [0.25, 0.3) is 5.56 Å². The number of aromatic nitrogens is 2. The Morgan fingerprint density at radius 1 is 1.32 bits per heavy atom. The van der Waals surface area contributed by atoms with Crippen molar-refractivity contribution in [3.8, 4) is 0 Å². The lowest BCUT2D eigenvalue weighted by Gasteiger charge is -2.17. The fourth-order valence-corrected chi connectivity index (χ4v) is 3.15. The van der Waals surface area contributed by atoms with Crippen LogP contribution in [0.25, 0.3) is 0 Å². The summed E-state index contributed by atoms with van der Waals surface area (Å²) in [4.78, 5) is 31.1. The summed E-state index contributed by atoms with van der Waals surface area (Å²) < 4.78 is 13.0. The Labute approximate surface area is 150 Å². The van der Waals surface area contributed by atoms with Gasteiger partial charge in [-0.25, -0.2) is 9.37 Å². The largest absolute Gasteiger partial charge is 0.349 e. The highest BCUT2D eigenvalue weighted by molar-refractivity contribution is 8.00. The number of halogens is 1. The molecule has 2 N–H and O–H groups in total. The van der Waals surface area contributed by atoms with Gasteiger partial charge in [0, 0.05) is 11.8 Å². The molecule has 0 unspecified atom stereocenters. The van der Waals surface area contributed by atoms with Crippen molar-refractivity contribution < 1.29 is 9.18 Å². The lowest BCUT2D eigenvalue weighted by molar-refractivity contribution is -0.120. The molecule has 134 valence electrons. The molecule has 0 aliphatic carbocycles. The quantitative estimate of drug-likeness (QED) is 0.585. The van der Waals surface area contributed by atoms with Crippen molar-refractivity contribution in [3.63, 3.8) is 0 Å². The molecule has 0 spiro atoms. The molecule has 25 heavy (non-hydrogen) atoms. The summed E-state index contributed by atoms with van der Waals surface area (Å²) in [7, 11) is 0. The fourth-order valence-electron chi connectivity index (χ4n) is 2.31. The summed E-state index contributed by atoms with van der Waals surface area (Å²) in [5.41, 5.74) is 1.33. The second kappa shape index (κ2) is 8.80. The molecule has 0 aliphatic heterocycles. The third-order valence-electron chi connectivity index (χ3n) is 3.67. The van der Waals surface area contributed by atoms with Crippen molar-refractivity contribution in [2.75, 3.05) is 0 Å². The van der Waals surface area contributed by atoms with Gasteiger partial charge in [-0.2, -0.15) is 0 Å². The number of carbonyl (C=O) groups excluding carboxylic acids is 1. The number of rotatable bonds is 7. The second-order valence-electron chi connectivity index (χ2n) is 5.83. The van der Waals surface area contributed by atoms with Gasteiger partial charge >= 0.3 is 0 Å². The highest BCUT2D eigenvalue weighted by Crippen LogP contribution is 2.20. The molecule has 1 amide bonds.